The van der Waals surface area contributed by atoms with E-state index < -0.39 is 228 Å². The van der Waals surface area contributed by atoms with Crippen molar-refractivity contribution in [3.05, 3.63) is 71.4 Å². The topological polar surface area (TPSA) is 410 Å². The molecule has 31 heteroatoms. The van der Waals surface area contributed by atoms with E-state index in [9.17, 15) is 64.2 Å². The van der Waals surface area contributed by atoms with E-state index in [1.165, 1.54) is 0 Å². The molecule has 0 radical (unpaired) electrons. The Hall–Kier alpha value is -6.43. The summed E-state index contributed by atoms with van der Waals surface area (Å²) in [7, 11) is 0. The van der Waals surface area contributed by atoms with Crippen molar-refractivity contribution in [2.75, 3.05) is 85.8 Å². The number of nitrogens with zero attached hydrogens (tertiary/aromatic N) is 3. The largest absolute Gasteiger partial charge is 0.390 e. The van der Waals surface area contributed by atoms with Crippen LogP contribution < -0.4 is 21.6 Å². The number of hydrogen-bond donors (Lipinski definition) is 10. The van der Waals surface area contributed by atoms with Crippen molar-refractivity contribution in [3.63, 3.8) is 0 Å². The molecule has 0 aromatic carbocycles. The molecule has 12 fully saturated rings. The van der Waals surface area contributed by atoms with Gasteiger partial charge in [0.1, 0.15) is 63.1 Å². The number of halogens is 3. The molecule has 15 aliphatic rings. The fourth-order valence-electron chi connectivity index (χ4n) is 25.3. The number of aliphatic hydroxyl groups excluding tert-OH is 6. The molecule has 117 heavy (non-hydrogen) atoms. The lowest BCUT2D eigenvalue weighted by atomic mass is 9.48. The number of ketones is 3. The van der Waals surface area contributed by atoms with Gasteiger partial charge in [0, 0.05) is 66.4 Å². The normalized spacial score (nSPS) is 43.3. The van der Waals surface area contributed by atoms with Crippen LogP contribution in [-0.4, -0.2) is 249 Å². The van der Waals surface area contributed by atoms with E-state index in [4.69, 9.17) is 37.9 Å². The van der Waals surface area contributed by atoms with E-state index in [1.807, 2.05) is 34.6 Å². The van der Waals surface area contributed by atoms with Gasteiger partial charge < -0.3 is 73.9 Å². The number of epoxide rings is 3. The SMILES string of the molecule is CC(C)CCOC(C)(C)CCNC(=O)COCC(COCC(=O)N/N=C1\C=C[C@@]2(C)C(=C1)CC[C@H]1[C@@H]3C[C@@H](C)[C@@]4(C(=O)CO)O[C@]34C[C@H](O)[C@@]12F)(COCC(=O)N/N=C1\C=C[C@@]2(C)C(=C1)CC[C@H]1[C@@H]3C[C@@H](C)[C@@]4(C(=O)CO)O[C@]34C[C@H](O)[C@@]12F)COCC(=O)N/N=C1\C=C[C@@]2(C)C(=C1)CC[C@H]1[C@@H]3C[C@@H](C)[C@@]4(C(=O)CO)O[C@]34C[C@H](O)[C@@]12F. The Balaban J connectivity index is 0.632. The van der Waals surface area contributed by atoms with Crippen molar-refractivity contribution in [1.29, 1.82) is 0 Å². The van der Waals surface area contributed by atoms with Crippen LogP contribution in [0.2, 0.25) is 0 Å². The monoisotopic (exact) mass is 1640 g/mol. The summed E-state index contributed by atoms with van der Waals surface area (Å²) in [5.74, 6) is -7.76. The molecule has 0 bridgehead atoms. The molecule has 3 heterocycles. The number of carbonyl (C=O) groups is 7. The number of fused-ring (bicyclic) bond motifs is 12. The molecule has 642 valence electrons. The zero-order valence-electron chi connectivity index (χ0n) is 68.6. The average Bonchev–Trinajstić information content (AvgIpc) is 1.48. The molecule has 0 unspecified atom stereocenters. The number of hydrogen-bond acceptors (Lipinski definition) is 24. The number of rotatable bonds is 32. The van der Waals surface area contributed by atoms with Crippen LogP contribution in [0, 0.1) is 80.8 Å². The molecule has 9 saturated carbocycles. The summed E-state index contributed by atoms with van der Waals surface area (Å²) < 4.78 is 104. The van der Waals surface area contributed by atoms with Gasteiger partial charge in [-0.2, -0.15) is 15.3 Å². The summed E-state index contributed by atoms with van der Waals surface area (Å²) in [5, 5.41) is 81.4. The molecule has 12 aliphatic carbocycles. The fraction of sp³-hybridized carbons (Fsp3) is 0.744. The molecular weight excluding hydrogens is 1520 g/mol. The van der Waals surface area contributed by atoms with Crippen LogP contribution in [-0.2, 0) is 71.5 Å². The maximum absolute atomic E-state index is 18.2. The molecule has 10 N–H and O–H groups in total. The lowest BCUT2D eigenvalue weighted by molar-refractivity contribution is -0.179. The van der Waals surface area contributed by atoms with E-state index in [-0.39, 0.29) is 78.4 Å². The average molecular weight is 1640 g/mol. The van der Waals surface area contributed by atoms with Crippen molar-refractivity contribution >= 4 is 58.1 Å². The van der Waals surface area contributed by atoms with Crippen molar-refractivity contribution < 1.29 is 115 Å². The van der Waals surface area contributed by atoms with Crippen molar-refractivity contribution in [2.45, 2.75) is 234 Å². The van der Waals surface area contributed by atoms with E-state index in [0.29, 0.717) is 93.5 Å². The van der Waals surface area contributed by atoms with Crippen LogP contribution in [0.15, 0.2) is 86.7 Å². The second-order valence-electron chi connectivity index (χ2n) is 38.2. The first-order valence-corrected chi connectivity index (χ1v) is 41.9. The number of aliphatic hydroxyl groups is 6. The van der Waals surface area contributed by atoms with Gasteiger partial charge in [0.25, 0.3) is 17.7 Å². The summed E-state index contributed by atoms with van der Waals surface area (Å²) in [6.45, 7) is 13.2. The summed E-state index contributed by atoms with van der Waals surface area (Å²) >= 11 is 0. The van der Waals surface area contributed by atoms with Crippen LogP contribution in [0.5, 0.6) is 0 Å². The molecular formula is C86H116F3N7O21. The molecule has 15 rings (SSSR count). The zero-order valence-corrected chi connectivity index (χ0v) is 68.6. The van der Waals surface area contributed by atoms with Gasteiger partial charge in [-0.15, -0.1) is 0 Å². The van der Waals surface area contributed by atoms with Gasteiger partial charge in [0.15, 0.2) is 51.2 Å². The van der Waals surface area contributed by atoms with E-state index >= 15 is 13.2 Å². The minimum absolute atomic E-state index is 0.118. The highest BCUT2D eigenvalue weighted by Crippen LogP contribution is 2.80. The van der Waals surface area contributed by atoms with Gasteiger partial charge in [0.2, 0.25) is 5.91 Å². The summed E-state index contributed by atoms with van der Waals surface area (Å²) in [4.78, 5) is 94.8. The zero-order chi connectivity index (χ0) is 84.1. The van der Waals surface area contributed by atoms with Crippen LogP contribution in [0.4, 0.5) is 13.2 Å². The first-order valence-electron chi connectivity index (χ1n) is 41.9. The van der Waals surface area contributed by atoms with Crippen molar-refractivity contribution in [2.24, 2.45) is 96.1 Å². The van der Waals surface area contributed by atoms with Crippen molar-refractivity contribution in [3.8, 4) is 0 Å². The third-order valence-corrected chi connectivity index (χ3v) is 31.2. The molecule has 0 aromatic heterocycles. The van der Waals surface area contributed by atoms with E-state index in [0.717, 1.165) is 6.42 Å². The van der Waals surface area contributed by atoms with Gasteiger partial charge >= 0.3 is 0 Å². The first kappa shape index (κ1) is 85.5. The third kappa shape index (κ3) is 12.8. The predicted molar refractivity (Wildman–Crippen MR) is 415 cm³/mol. The number of Topliss-reactive ketones (excluding diaryl/α,β-unsaturated/α-hetero) is 3. The summed E-state index contributed by atoms with van der Waals surface area (Å²) in [5.41, 5.74) is -9.32. The minimum Gasteiger partial charge on any atom is -0.390 e. The molecule has 0 aromatic rings. The third-order valence-electron chi connectivity index (χ3n) is 31.2. The Morgan fingerprint density at radius 2 is 0.812 bits per heavy atom. The number of amides is 4. The van der Waals surface area contributed by atoms with Gasteiger partial charge in [0.05, 0.1) is 72.9 Å². The van der Waals surface area contributed by atoms with Crippen LogP contribution in [0.1, 0.15) is 159 Å². The Morgan fingerprint density at radius 3 is 1.11 bits per heavy atom. The molecule has 3 spiro atoms. The Labute approximate surface area is 679 Å². The predicted octanol–water partition coefficient (Wildman–Crippen LogP) is 5.14. The van der Waals surface area contributed by atoms with Gasteiger partial charge in [-0.1, -0.05) is 69.6 Å². The smallest absolute Gasteiger partial charge is 0.266 e. The summed E-state index contributed by atoms with van der Waals surface area (Å²) in [6.07, 6.45) is 14.7. The first-order chi connectivity index (χ1) is 55.3. The maximum Gasteiger partial charge on any atom is 0.266 e. The standard InChI is InChI=1S/C86H116F3N7O21/c1-47(2)20-26-114-73(6,7)24-25-90-69(106)39-110-43-77(44-111-40-70(107)94-91-54-17-21-74(8)51(30-54)11-14-57-60-27-48(3)84(66(103)36-97)78(60,115-84)33-63(100)81(57,74)87,45-112-41-71(108)95-92-55-18-22-75(9)52(31-55)12-15-58-61-28-49(4)85(67(104)37-98)79(61,116-85)34-64(101)82(58,75)88)46-113-42-72(109)96-93-56-19-23-76(10)53(32-56)13-16-59-62-29-50(5)86(68(105)38-99)80(62,117-86)35-65(102)83(59,76)89/h17-19,21-23,30-32,47-50,57-65,97-102H,11-16,20,24-29,33-46H2,1-10H3,(H,90,106)(H,94,107)(H,95,108)(H,96,109)/b91-54+,92-55+,93-56+/t48-,49-,50-,57+,58+,59+,60+,61+,62+,63+,64+,65+,74+,75+,76+,78-,79-,80-,81+,82+,83+,84+,85+,86+/m1/s1. The second-order valence-corrected chi connectivity index (χ2v) is 38.2. The highest BCUT2D eigenvalue weighted by atomic mass is 19.2. The second kappa shape index (κ2) is 30.3. The highest BCUT2D eigenvalue weighted by Gasteiger charge is 2.91. The lowest BCUT2D eigenvalue weighted by Crippen LogP contribution is -2.66. The molecule has 28 nitrogen and oxygen atoms in total. The van der Waals surface area contributed by atoms with E-state index in [2.05, 4.69) is 50.7 Å². The van der Waals surface area contributed by atoms with Crippen LogP contribution in [0.3, 0.4) is 0 Å². The van der Waals surface area contributed by atoms with E-state index in [1.54, 1.807) is 75.5 Å². The maximum atomic E-state index is 18.2. The van der Waals surface area contributed by atoms with Gasteiger partial charge in [-0.05, 0) is 183 Å². The minimum atomic E-state index is -2.17. The van der Waals surface area contributed by atoms with Gasteiger partial charge in [-0.3, -0.25) is 33.6 Å². The molecule has 3 saturated heterocycles. The fourth-order valence-corrected chi connectivity index (χ4v) is 25.3. The molecule has 3 aliphatic heterocycles. The number of hydrazone groups is 3. The number of allylic oxidation sites excluding steroid dienone is 12. The summed E-state index contributed by atoms with van der Waals surface area (Å²) in [6, 6.07) is 0. The number of carbonyl (C=O) groups excluding carboxylic acids is 7. The van der Waals surface area contributed by atoms with Crippen LogP contribution >= 0.6 is 0 Å². The van der Waals surface area contributed by atoms with Crippen molar-refractivity contribution in [1.82, 2.24) is 21.6 Å². The molecule has 4 amide bonds. The number of nitrogens with one attached hydrogen (secondary N) is 4. The molecule has 24 atom stereocenters. The quantitative estimate of drug-likeness (QED) is 0.0308. The number of alkyl halides is 3. The highest BCUT2D eigenvalue weighted by molar-refractivity contribution is 6.08. The Kier molecular flexibility index (Phi) is 22.1. The Bertz CT molecular complexity index is 3970. The lowest BCUT2D eigenvalue weighted by Gasteiger charge is -2.59. The Morgan fingerprint density at radius 1 is 0.504 bits per heavy atom. The number of ether oxygens (including phenoxy) is 8. The van der Waals surface area contributed by atoms with Crippen LogP contribution in [0.25, 0.3) is 0 Å². The van der Waals surface area contributed by atoms with Gasteiger partial charge in [-0.25, -0.2) is 29.4 Å².